The molecule has 1 atom stereocenters. The predicted octanol–water partition coefficient (Wildman–Crippen LogP) is 2.88. The molecule has 4 nitrogen and oxygen atoms in total. The Bertz CT molecular complexity index is 742. The van der Waals surface area contributed by atoms with E-state index < -0.39 is 16.1 Å². The van der Waals surface area contributed by atoms with Crippen LogP contribution in [-0.2, 0) is 10.0 Å². The van der Waals surface area contributed by atoms with Gasteiger partial charge in [-0.2, -0.15) is 0 Å². The van der Waals surface area contributed by atoms with Crippen molar-refractivity contribution in [1.29, 1.82) is 0 Å². The molecule has 2 aromatic rings. The van der Waals surface area contributed by atoms with Crippen LogP contribution >= 0.6 is 0 Å². The number of halogens is 1. The van der Waals surface area contributed by atoms with Gasteiger partial charge in [0, 0.05) is 6.04 Å². The molecule has 2 rings (SSSR count). The van der Waals surface area contributed by atoms with Gasteiger partial charge in [-0.1, -0.05) is 12.1 Å². The quantitative estimate of drug-likeness (QED) is 0.912. The highest BCUT2D eigenvalue weighted by Gasteiger charge is 2.18. The maximum absolute atomic E-state index is 13.5. The minimum atomic E-state index is -3.73. The molecule has 0 bridgehead atoms. The van der Waals surface area contributed by atoms with Crippen LogP contribution in [0.25, 0.3) is 0 Å². The fraction of sp³-hybridized carbons (Fsp3) is 0.200. The Balaban J connectivity index is 2.23. The van der Waals surface area contributed by atoms with Gasteiger partial charge < -0.3 is 5.11 Å². The first-order chi connectivity index (χ1) is 9.79. The summed E-state index contributed by atoms with van der Waals surface area (Å²) in [5.74, 6) is -0.384. The third kappa shape index (κ3) is 3.59. The van der Waals surface area contributed by atoms with Crippen LogP contribution in [0.15, 0.2) is 47.4 Å². The molecule has 0 heterocycles. The van der Waals surface area contributed by atoms with Crippen molar-refractivity contribution in [3.05, 3.63) is 59.4 Å². The van der Waals surface area contributed by atoms with Gasteiger partial charge in [0.1, 0.15) is 11.6 Å². The molecule has 21 heavy (non-hydrogen) atoms. The average molecular weight is 309 g/mol. The Morgan fingerprint density at radius 2 is 1.76 bits per heavy atom. The van der Waals surface area contributed by atoms with Gasteiger partial charge in [-0.05, 0) is 55.3 Å². The number of phenolic OH excluding ortho intramolecular Hbond substituents is 1. The topological polar surface area (TPSA) is 66.4 Å². The van der Waals surface area contributed by atoms with Crippen molar-refractivity contribution in [3.63, 3.8) is 0 Å². The molecule has 0 aliphatic carbocycles. The van der Waals surface area contributed by atoms with Crippen LogP contribution in [0.3, 0.4) is 0 Å². The standard InChI is InChI=1S/C15H16FNO3S/c1-10-3-4-12(9-15(10)16)11(2)17-21(19,20)14-7-5-13(18)6-8-14/h3-9,11,17-18H,1-2H3. The zero-order valence-electron chi connectivity index (χ0n) is 11.7. The van der Waals surface area contributed by atoms with Crippen molar-refractivity contribution in [3.8, 4) is 5.75 Å². The molecule has 6 heteroatoms. The summed E-state index contributed by atoms with van der Waals surface area (Å²) in [7, 11) is -3.73. The van der Waals surface area contributed by atoms with Crippen molar-refractivity contribution in [2.45, 2.75) is 24.8 Å². The molecule has 2 N–H and O–H groups in total. The number of rotatable bonds is 4. The van der Waals surface area contributed by atoms with Crippen LogP contribution in [-0.4, -0.2) is 13.5 Å². The lowest BCUT2D eigenvalue weighted by atomic mass is 10.1. The summed E-state index contributed by atoms with van der Waals surface area (Å²) >= 11 is 0. The number of aryl methyl sites for hydroxylation is 1. The molecule has 2 aromatic carbocycles. The summed E-state index contributed by atoms with van der Waals surface area (Å²) < 4.78 is 40.4. The van der Waals surface area contributed by atoms with Gasteiger partial charge in [-0.25, -0.2) is 17.5 Å². The lowest BCUT2D eigenvalue weighted by Crippen LogP contribution is -2.26. The van der Waals surface area contributed by atoms with E-state index in [2.05, 4.69) is 4.72 Å². The van der Waals surface area contributed by atoms with E-state index in [1.54, 1.807) is 26.0 Å². The molecule has 0 radical (unpaired) electrons. The Labute approximate surface area is 123 Å². The van der Waals surface area contributed by atoms with Crippen LogP contribution in [0.5, 0.6) is 5.75 Å². The first-order valence-electron chi connectivity index (χ1n) is 6.37. The van der Waals surface area contributed by atoms with E-state index in [4.69, 9.17) is 0 Å². The molecule has 112 valence electrons. The van der Waals surface area contributed by atoms with E-state index >= 15 is 0 Å². The number of benzene rings is 2. The number of sulfonamides is 1. The second kappa shape index (κ2) is 5.83. The SMILES string of the molecule is Cc1ccc(C(C)NS(=O)(=O)c2ccc(O)cc2)cc1F. The van der Waals surface area contributed by atoms with Gasteiger partial charge in [-0.3, -0.25) is 0 Å². The fourth-order valence-corrected chi connectivity index (χ4v) is 3.10. The second-order valence-electron chi connectivity index (χ2n) is 4.85. The van der Waals surface area contributed by atoms with Gasteiger partial charge in [0.15, 0.2) is 0 Å². The van der Waals surface area contributed by atoms with Gasteiger partial charge in [0.2, 0.25) is 10.0 Å². The van der Waals surface area contributed by atoms with Gasteiger partial charge in [-0.15, -0.1) is 0 Å². The number of phenols is 1. The summed E-state index contributed by atoms with van der Waals surface area (Å²) in [4.78, 5) is 0.0414. The normalized spacial score (nSPS) is 13.1. The molecule has 0 saturated heterocycles. The monoisotopic (exact) mass is 309 g/mol. The van der Waals surface area contributed by atoms with Crippen molar-refractivity contribution >= 4 is 10.0 Å². The van der Waals surface area contributed by atoms with Crippen molar-refractivity contribution in [2.75, 3.05) is 0 Å². The maximum atomic E-state index is 13.5. The highest BCUT2D eigenvalue weighted by atomic mass is 32.2. The summed E-state index contributed by atoms with van der Waals surface area (Å²) in [5.41, 5.74) is 1.05. The zero-order chi connectivity index (χ0) is 15.6. The Hall–Kier alpha value is -1.92. The largest absolute Gasteiger partial charge is 0.508 e. The molecule has 0 saturated carbocycles. The lowest BCUT2D eigenvalue weighted by Gasteiger charge is -2.15. The third-order valence-electron chi connectivity index (χ3n) is 3.17. The highest BCUT2D eigenvalue weighted by molar-refractivity contribution is 7.89. The summed E-state index contributed by atoms with van der Waals surface area (Å²) in [5, 5.41) is 9.18. The van der Waals surface area contributed by atoms with Crippen LogP contribution in [0.4, 0.5) is 4.39 Å². The number of hydrogen-bond acceptors (Lipinski definition) is 3. The Morgan fingerprint density at radius 1 is 1.14 bits per heavy atom. The van der Waals surface area contributed by atoms with Crippen molar-refractivity contribution < 1.29 is 17.9 Å². The van der Waals surface area contributed by atoms with E-state index in [-0.39, 0.29) is 16.5 Å². The fourth-order valence-electron chi connectivity index (χ4n) is 1.87. The van der Waals surface area contributed by atoms with E-state index in [0.29, 0.717) is 11.1 Å². The molecular weight excluding hydrogens is 293 g/mol. The highest BCUT2D eigenvalue weighted by Crippen LogP contribution is 2.20. The average Bonchev–Trinajstić information content (AvgIpc) is 2.41. The number of aromatic hydroxyl groups is 1. The molecule has 0 spiro atoms. The number of nitrogens with one attached hydrogen (secondary N) is 1. The Kier molecular flexibility index (Phi) is 4.29. The van der Waals surface area contributed by atoms with Crippen LogP contribution in [0.1, 0.15) is 24.1 Å². The zero-order valence-corrected chi connectivity index (χ0v) is 12.5. The maximum Gasteiger partial charge on any atom is 0.241 e. The molecule has 1 unspecified atom stereocenters. The second-order valence-corrected chi connectivity index (χ2v) is 6.56. The van der Waals surface area contributed by atoms with Crippen LogP contribution < -0.4 is 4.72 Å². The molecule has 0 aliphatic heterocycles. The van der Waals surface area contributed by atoms with Crippen molar-refractivity contribution in [1.82, 2.24) is 4.72 Å². The van der Waals surface area contributed by atoms with Gasteiger partial charge in [0.05, 0.1) is 4.90 Å². The molecule has 0 aliphatic rings. The van der Waals surface area contributed by atoms with Crippen molar-refractivity contribution in [2.24, 2.45) is 0 Å². The van der Waals surface area contributed by atoms with E-state index in [9.17, 15) is 17.9 Å². The smallest absolute Gasteiger partial charge is 0.241 e. The molecule has 0 fully saturated rings. The molecule has 0 amide bonds. The summed E-state index contributed by atoms with van der Waals surface area (Å²) in [6, 6.07) is 9.24. The first-order valence-corrected chi connectivity index (χ1v) is 7.85. The lowest BCUT2D eigenvalue weighted by molar-refractivity contribution is 0.474. The van der Waals surface area contributed by atoms with Gasteiger partial charge >= 0.3 is 0 Å². The third-order valence-corrected chi connectivity index (χ3v) is 4.73. The minimum absolute atomic E-state index is 0.0115. The van der Waals surface area contributed by atoms with E-state index in [0.717, 1.165) is 0 Å². The van der Waals surface area contributed by atoms with Gasteiger partial charge in [0.25, 0.3) is 0 Å². The Morgan fingerprint density at radius 3 is 2.33 bits per heavy atom. The summed E-state index contributed by atoms with van der Waals surface area (Å²) in [6.07, 6.45) is 0. The minimum Gasteiger partial charge on any atom is -0.508 e. The first kappa shape index (κ1) is 15.5. The van der Waals surface area contributed by atoms with Crippen LogP contribution in [0.2, 0.25) is 0 Å². The molecular formula is C15H16FNO3S. The predicted molar refractivity (Wildman–Crippen MR) is 78.0 cm³/mol. The summed E-state index contributed by atoms with van der Waals surface area (Å²) in [6.45, 7) is 3.28. The van der Waals surface area contributed by atoms with E-state index in [1.807, 2.05) is 0 Å². The van der Waals surface area contributed by atoms with E-state index in [1.165, 1.54) is 30.3 Å². The van der Waals surface area contributed by atoms with Crippen LogP contribution in [0, 0.1) is 12.7 Å². The number of hydrogen-bond donors (Lipinski definition) is 2. The molecule has 0 aromatic heterocycles.